The molecule has 152 valence electrons. The molecule has 4 nitrogen and oxygen atoms in total. The molecule has 1 aromatic heterocycles. The Morgan fingerprint density at radius 2 is 1.96 bits per heavy atom. The largest absolute Gasteiger partial charge is 0.342 e. The highest BCUT2D eigenvalue weighted by atomic mass is 35.5. The molecule has 1 aromatic carbocycles. The van der Waals surface area contributed by atoms with Crippen molar-refractivity contribution in [2.75, 3.05) is 13.6 Å². The molecule has 0 fully saturated rings. The van der Waals surface area contributed by atoms with Gasteiger partial charge in [-0.15, -0.1) is 47.9 Å². The van der Waals surface area contributed by atoms with E-state index in [-0.39, 0.29) is 36.8 Å². The number of amides is 1. The van der Waals surface area contributed by atoms with Crippen molar-refractivity contribution in [2.24, 2.45) is 11.7 Å². The lowest BCUT2D eigenvalue weighted by molar-refractivity contribution is 0.0786. The second kappa shape index (κ2) is 12.6. The maximum absolute atomic E-state index is 12.8. The molecule has 0 aliphatic rings. The van der Waals surface area contributed by atoms with Crippen molar-refractivity contribution in [3.05, 3.63) is 45.9 Å². The van der Waals surface area contributed by atoms with Crippen LogP contribution in [0.2, 0.25) is 0 Å². The van der Waals surface area contributed by atoms with Crippen molar-refractivity contribution in [1.29, 1.82) is 0 Å². The zero-order valence-electron chi connectivity index (χ0n) is 16.2. The average Bonchev–Trinajstić information content (AvgIpc) is 3.02. The summed E-state index contributed by atoms with van der Waals surface area (Å²) >= 11 is 3.32. The fourth-order valence-electron chi connectivity index (χ4n) is 2.38. The number of halogens is 2. The Labute approximate surface area is 183 Å². The number of thioether (sulfide) groups is 1. The van der Waals surface area contributed by atoms with Crippen molar-refractivity contribution < 1.29 is 4.79 Å². The van der Waals surface area contributed by atoms with Crippen LogP contribution in [0.5, 0.6) is 0 Å². The van der Waals surface area contributed by atoms with Crippen molar-refractivity contribution in [3.8, 4) is 0 Å². The Kier molecular flexibility index (Phi) is 12.3. The molecular formula is C19H29Cl2N3OS2. The van der Waals surface area contributed by atoms with E-state index in [0.717, 1.165) is 33.3 Å². The van der Waals surface area contributed by atoms with E-state index in [1.807, 2.05) is 38.2 Å². The van der Waals surface area contributed by atoms with Gasteiger partial charge in [0.05, 0.1) is 16.3 Å². The van der Waals surface area contributed by atoms with Gasteiger partial charge in [0.1, 0.15) is 0 Å². The highest BCUT2D eigenvalue weighted by Crippen LogP contribution is 2.27. The van der Waals surface area contributed by atoms with E-state index in [1.165, 1.54) is 0 Å². The lowest BCUT2D eigenvalue weighted by atomic mass is 10.0. The number of nitrogens with two attached hydrogens (primary N) is 1. The molecule has 0 aliphatic heterocycles. The highest BCUT2D eigenvalue weighted by Gasteiger charge is 2.17. The van der Waals surface area contributed by atoms with Crippen LogP contribution < -0.4 is 5.73 Å². The Morgan fingerprint density at radius 3 is 2.56 bits per heavy atom. The van der Waals surface area contributed by atoms with Gasteiger partial charge in [-0.3, -0.25) is 4.79 Å². The van der Waals surface area contributed by atoms with Gasteiger partial charge in [0, 0.05) is 35.7 Å². The molecule has 27 heavy (non-hydrogen) atoms. The predicted molar refractivity (Wildman–Crippen MR) is 122 cm³/mol. The molecule has 1 unspecified atom stereocenters. The van der Waals surface area contributed by atoms with Gasteiger partial charge in [0.15, 0.2) is 0 Å². The second-order valence-corrected chi connectivity index (χ2v) is 8.65. The lowest BCUT2D eigenvalue weighted by Crippen LogP contribution is -2.34. The van der Waals surface area contributed by atoms with Crippen molar-refractivity contribution >= 4 is 53.8 Å². The minimum Gasteiger partial charge on any atom is -0.342 e. The zero-order valence-corrected chi connectivity index (χ0v) is 19.4. The molecule has 2 N–H and O–H groups in total. The van der Waals surface area contributed by atoms with Crippen LogP contribution >= 0.6 is 47.9 Å². The standard InChI is InChI=1S/C19H27N3OS2.2ClH/c1-13(2)17(20)9-10-22(4)19(23)16-7-5-6-8-18(16)25-12-15-11-24-14(3)21-15;;/h5-8,11,13,17H,9-10,12,20H2,1-4H3;2*1H. The van der Waals surface area contributed by atoms with E-state index < -0.39 is 0 Å². The van der Waals surface area contributed by atoms with Crippen LogP contribution in [0.4, 0.5) is 0 Å². The van der Waals surface area contributed by atoms with Gasteiger partial charge in [0.25, 0.3) is 5.91 Å². The van der Waals surface area contributed by atoms with E-state index in [9.17, 15) is 4.79 Å². The number of thiazole rings is 1. The van der Waals surface area contributed by atoms with Gasteiger partial charge in [-0.1, -0.05) is 26.0 Å². The summed E-state index contributed by atoms with van der Waals surface area (Å²) in [6.07, 6.45) is 0.813. The monoisotopic (exact) mass is 449 g/mol. The second-order valence-electron chi connectivity index (χ2n) is 6.57. The van der Waals surface area contributed by atoms with E-state index in [4.69, 9.17) is 5.73 Å². The van der Waals surface area contributed by atoms with Crippen LogP contribution in [0, 0.1) is 12.8 Å². The van der Waals surface area contributed by atoms with Gasteiger partial charge >= 0.3 is 0 Å². The topological polar surface area (TPSA) is 59.2 Å². The Hall–Kier alpha value is -0.790. The van der Waals surface area contributed by atoms with E-state index in [2.05, 4.69) is 24.2 Å². The number of aryl methyl sites for hydroxylation is 1. The Bertz CT molecular complexity index is 710. The summed E-state index contributed by atoms with van der Waals surface area (Å²) in [7, 11) is 1.85. The molecule has 1 heterocycles. The molecule has 0 saturated carbocycles. The fraction of sp³-hybridized carbons (Fsp3) is 0.474. The molecule has 1 amide bonds. The number of carbonyl (C=O) groups excluding carboxylic acids is 1. The zero-order chi connectivity index (χ0) is 18.4. The maximum Gasteiger partial charge on any atom is 0.254 e. The maximum atomic E-state index is 12.8. The van der Waals surface area contributed by atoms with Gasteiger partial charge in [-0.05, 0) is 31.4 Å². The molecule has 2 rings (SSSR count). The van der Waals surface area contributed by atoms with E-state index in [0.29, 0.717) is 12.5 Å². The number of rotatable bonds is 8. The minimum absolute atomic E-state index is 0. The summed E-state index contributed by atoms with van der Waals surface area (Å²) in [5.74, 6) is 1.25. The highest BCUT2D eigenvalue weighted by molar-refractivity contribution is 7.98. The van der Waals surface area contributed by atoms with Crippen LogP contribution in [0.25, 0.3) is 0 Å². The van der Waals surface area contributed by atoms with Gasteiger partial charge < -0.3 is 10.6 Å². The SMILES string of the molecule is Cc1nc(CSc2ccccc2C(=O)N(C)CCC(N)C(C)C)cs1.Cl.Cl. The number of nitrogens with zero attached hydrogens (tertiary/aromatic N) is 2. The summed E-state index contributed by atoms with van der Waals surface area (Å²) < 4.78 is 0. The number of carbonyl (C=O) groups is 1. The normalized spacial score (nSPS) is 11.5. The van der Waals surface area contributed by atoms with Crippen LogP contribution in [-0.4, -0.2) is 35.4 Å². The first-order valence-electron chi connectivity index (χ1n) is 8.52. The Morgan fingerprint density at radius 1 is 1.30 bits per heavy atom. The summed E-state index contributed by atoms with van der Waals surface area (Å²) in [4.78, 5) is 20.1. The lowest BCUT2D eigenvalue weighted by Gasteiger charge is -2.22. The third kappa shape index (κ3) is 8.00. The molecule has 1 atom stereocenters. The number of hydrogen-bond acceptors (Lipinski definition) is 5. The summed E-state index contributed by atoms with van der Waals surface area (Å²) in [6.45, 7) is 6.90. The smallest absolute Gasteiger partial charge is 0.254 e. The van der Waals surface area contributed by atoms with Crippen LogP contribution in [-0.2, 0) is 5.75 Å². The number of hydrogen-bond donors (Lipinski definition) is 1. The first-order valence-corrected chi connectivity index (χ1v) is 10.4. The minimum atomic E-state index is 0. The average molecular weight is 451 g/mol. The molecule has 0 radical (unpaired) electrons. The third-order valence-corrected chi connectivity index (χ3v) is 6.09. The predicted octanol–water partition coefficient (Wildman–Crippen LogP) is 5.03. The molecule has 0 aliphatic carbocycles. The molecule has 0 saturated heterocycles. The molecular weight excluding hydrogens is 421 g/mol. The molecule has 0 bridgehead atoms. The van der Waals surface area contributed by atoms with Crippen molar-refractivity contribution in [2.45, 2.75) is 43.9 Å². The van der Waals surface area contributed by atoms with Crippen LogP contribution in [0.15, 0.2) is 34.5 Å². The summed E-state index contributed by atoms with van der Waals surface area (Å²) in [5, 5.41) is 3.15. The van der Waals surface area contributed by atoms with E-state index >= 15 is 0 Å². The molecule has 8 heteroatoms. The van der Waals surface area contributed by atoms with Gasteiger partial charge in [-0.2, -0.15) is 0 Å². The van der Waals surface area contributed by atoms with Gasteiger partial charge in [-0.25, -0.2) is 4.98 Å². The van der Waals surface area contributed by atoms with Crippen LogP contribution in [0.1, 0.15) is 41.3 Å². The summed E-state index contributed by atoms with van der Waals surface area (Å²) in [5.41, 5.74) is 7.91. The summed E-state index contributed by atoms with van der Waals surface area (Å²) in [6, 6.07) is 7.91. The first-order chi connectivity index (χ1) is 11.9. The number of benzene rings is 1. The third-order valence-electron chi connectivity index (χ3n) is 4.16. The Balaban J connectivity index is 0.00000338. The molecule has 0 spiro atoms. The fourth-order valence-corrected chi connectivity index (χ4v) is 4.03. The number of aromatic nitrogens is 1. The first kappa shape index (κ1) is 26.2. The van der Waals surface area contributed by atoms with Gasteiger partial charge in [0.2, 0.25) is 0 Å². The van der Waals surface area contributed by atoms with Crippen LogP contribution in [0.3, 0.4) is 0 Å². The molecule has 2 aromatic rings. The van der Waals surface area contributed by atoms with E-state index in [1.54, 1.807) is 28.0 Å². The van der Waals surface area contributed by atoms with Crippen molar-refractivity contribution in [1.82, 2.24) is 9.88 Å². The van der Waals surface area contributed by atoms with Crippen molar-refractivity contribution in [3.63, 3.8) is 0 Å². The quantitative estimate of drug-likeness (QED) is 0.573.